The Morgan fingerprint density at radius 1 is 0.500 bits per heavy atom. The molecule has 0 atom stereocenters. The fraction of sp³-hybridized carbons (Fsp3) is 0.254. The van der Waals surface area contributed by atoms with Gasteiger partial charge in [-0.2, -0.15) is 5.10 Å². The minimum atomic E-state index is -0.837. The number of hydrogen-bond donors (Lipinski definition) is 0. The highest BCUT2D eigenvalue weighted by Gasteiger charge is 2.48. The van der Waals surface area contributed by atoms with Crippen molar-refractivity contribution in [1.29, 1.82) is 0 Å². The largest absolute Gasteiger partial charge is 0.457 e. The van der Waals surface area contributed by atoms with E-state index in [0.717, 1.165) is 51.1 Å². The third kappa shape index (κ3) is 7.61. The number of benzene rings is 6. The average Bonchev–Trinajstić information content (AvgIpc) is 3.80. The van der Waals surface area contributed by atoms with Crippen molar-refractivity contribution >= 4 is 17.1 Å². The normalized spacial score (nSPS) is 13.6. The number of aromatic nitrogens is 3. The summed E-state index contributed by atoms with van der Waals surface area (Å²) in [6, 6.07) is 53.2. The molecule has 0 bridgehead atoms. The van der Waals surface area contributed by atoms with Gasteiger partial charge in [0, 0.05) is 30.3 Å². The van der Waals surface area contributed by atoms with Crippen LogP contribution >= 0.6 is 0 Å². The molecule has 8 aromatic rings. The van der Waals surface area contributed by atoms with Crippen LogP contribution in [0.2, 0.25) is 0 Å². The van der Waals surface area contributed by atoms with E-state index in [1.807, 2.05) is 35.4 Å². The number of rotatable bonds is 7. The van der Waals surface area contributed by atoms with Crippen molar-refractivity contribution < 1.29 is 4.74 Å². The zero-order valence-electron chi connectivity index (χ0n) is 39.3. The number of hydrogen-bond acceptors (Lipinski definition) is 4. The van der Waals surface area contributed by atoms with Gasteiger partial charge in [0.15, 0.2) is 0 Å². The van der Waals surface area contributed by atoms with E-state index in [-0.39, 0.29) is 16.2 Å². The molecule has 0 amide bonds. The van der Waals surface area contributed by atoms with Gasteiger partial charge in [0.25, 0.3) is 0 Å². The molecule has 0 radical (unpaired) electrons. The average molecular weight is 841 g/mol. The van der Waals surface area contributed by atoms with Crippen LogP contribution in [0.1, 0.15) is 113 Å². The lowest BCUT2D eigenvalue weighted by Gasteiger charge is -2.47. The van der Waals surface area contributed by atoms with Crippen molar-refractivity contribution in [2.75, 3.05) is 4.90 Å². The summed E-state index contributed by atoms with van der Waals surface area (Å²) in [6.45, 7) is 24.9. The van der Waals surface area contributed by atoms with Gasteiger partial charge < -0.3 is 9.64 Å². The second kappa shape index (κ2) is 15.8. The third-order valence-corrected chi connectivity index (χ3v) is 13.0. The minimum absolute atomic E-state index is 0.0299. The Hall–Kier alpha value is -6.72. The Morgan fingerprint density at radius 2 is 1.11 bits per heavy atom. The summed E-state index contributed by atoms with van der Waals surface area (Å²) in [7, 11) is 0. The maximum atomic E-state index is 7.06. The molecule has 3 heterocycles. The van der Waals surface area contributed by atoms with Gasteiger partial charge in [-0.15, -0.1) is 0 Å². The molecule has 0 aliphatic carbocycles. The lowest BCUT2D eigenvalue weighted by molar-refractivity contribution is 0.480. The number of aryl methyl sites for hydroxylation is 2. The van der Waals surface area contributed by atoms with Crippen LogP contribution in [0.4, 0.5) is 17.1 Å². The molecular weight excluding hydrogens is 781 g/mol. The standard InChI is InChI=1S/C59H60N4O/c1-39-17-14-18-40(2)55(39)41-33-47(62-32-16-31-61-62)38-49(34-41)64-48-20-15-19-45(35-48)59(54-21-12-13-30-60-54)50-36-43(57(6,7)8)24-28-52(50)63(46-26-22-42(23-27-46)56(3,4)5)53-29-25-44(37-51(53)59)58(9,10)11/h12-38H,1-11H3. The van der Waals surface area contributed by atoms with E-state index >= 15 is 0 Å². The van der Waals surface area contributed by atoms with Crippen LogP contribution in [0, 0.1) is 13.8 Å². The fourth-order valence-electron chi connectivity index (χ4n) is 9.52. The fourth-order valence-corrected chi connectivity index (χ4v) is 9.52. The van der Waals surface area contributed by atoms with Crippen molar-refractivity contribution in [3.8, 4) is 28.3 Å². The second-order valence-electron chi connectivity index (χ2n) is 20.6. The van der Waals surface area contributed by atoms with Crippen molar-refractivity contribution in [2.24, 2.45) is 0 Å². The van der Waals surface area contributed by atoms with E-state index in [1.165, 1.54) is 44.5 Å². The summed E-state index contributed by atoms with van der Waals surface area (Å²) >= 11 is 0. The van der Waals surface area contributed by atoms with Crippen LogP contribution in [-0.4, -0.2) is 14.8 Å². The molecule has 322 valence electrons. The van der Waals surface area contributed by atoms with Crippen molar-refractivity contribution in [2.45, 2.75) is 97.8 Å². The second-order valence-corrected chi connectivity index (χ2v) is 20.6. The summed E-state index contributed by atoms with van der Waals surface area (Å²) in [4.78, 5) is 7.78. The van der Waals surface area contributed by atoms with Gasteiger partial charge in [0.1, 0.15) is 11.5 Å². The number of ether oxygens (including phenoxy) is 1. The summed E-state index contributed by atoms with van der Waals surface area (Å²) in [5, 5.41) is 4.62. The van der Waals surface area contributed by atoms with E-state index in [2.05, 4.69) is 220 Å². The van der Waals surface area contributed by atoms with Crippen LogP contribution in [0.25, 0.3) is 16.8 Å². The van der Waals surface area contributed by atoms with Gasteiger partial charge in [-0.25, -0.2) is 4.68 Å². The van der Waals surface area contributed by atoms with Crippen molar-refractivity contribution in [3.05, 3.63) is 214 Å². The van der Waals surface area contributed by atoms with Crippen LogP contribution in [0.3, 0.4) is 0 Å². The first-order valence-corrected chi connectivity index (χ1v) is 22.6. The maximum absolute atomic E-state index is 7.06. The smallest absolute Gasteiger partial charge is 0.130 e. The molecule has 2 aromatic heterocycles. The maximum Gasteiger partial charge on any atom is 0.130 e. The minimum Gasteiger partial charge on any atom is -0.457 e. The Labute approximate surface area is 380 Å². The number of fused-ring (bicyclic) bond motifs is 2. The van der Waals surface area contributed by atoms with E-state index < -0.39 is 5.41 Å². The highest BCUT2D eigenvalue weighted by atomic mass is 16.5. The Bertz CT molecular complexity index is 2890. The summed E-state index contributed by atoms with van der Waals surface area (Å²) in [6.07, 6.45) is 5.72. The van der Waals surface area contributed by atoms with Gasteiger partial charge in [-0.3, -0.25) is 4.98 Å². The van der Waals surface area contributed by atoms with Gasteiger partial charge >= 0.3 is 0 Å². The zero-order chi connectivity index (χ0) is 45.2. The van der Waals surface area contributed by atoms with E-state index in [4.69, 9.17) is 9.72 Å². The van der Waals surface area contributed by atoms with E-state index in [0.29, 0.717) is 0 Å². The van der Waals surface area contributed by atoms with Gasteiger partial charge in [0.05, 0.1) is 28.2 Å². The predicted molar refractivity (Wildman–Crippen MR) is 265 cm³/mol. The molecule has 0 unspecified atom stereocenters. The van der Waals surface area contributed by atoms with Crippen molar-refractivity contribution in [3.63, 3.8) is 0 Å². The Balaban J connectivity index is 1.31. The SMILES string of the molecule is Cc1cccc(C)c1-c1cc(Oc2cccc(C3(c4ccccn4)c4cc(C(C)(C)C)ccc4N(c4ccc(C(C)(C)C)cc4)c4ccc(C(C)(C)C)cc43)c2)cc(-n2cccn2)c1. The molecule has 0 spiro atoms. The number of pyridine rings is 1. The Kier molecular flexibility index (Phi) is 10.5. The lowest BCUT2D eigenvalue weighted by atomic mass is 9.62. The first-order chi connectivity index (χ1) is 30.4. The molecular formula is C59H60N4O. The topological polar surface area (TPSA) is 43.2 Å². The molecule has 0 N–H and O–H groups in total. The van der Waals surface area contributed by atoms with Crippen molar-refractivity contribution in [1.82, 2.24) is 14.8 Å². The summed E-state index contributed by atoms with van der Waals surface area (Å²) < 4.78 is 8.96. The van der Waals surface area contributed by atoms with E-state index in [1.54, 1.807) is 0 Å². The molecule has 64 heavy (non-hydrogen) atoms. The van der Waals surface area contributed by atoms with Gasteiger partial charge in [-0.1, -0.05) is 135 Å². The molecule has 5 heteroatoms. The van der Waals surface area contributed by atoms with Crippen LogP contribution in [-0.2, 0) is 21.7 Å². The zero-order valence-corrected chi connectivity index (χ0v) is 39.3. The molecule has 0 saturated carbocycles. The van der Waals surface area contributed by atoms with Gasteiger partial charge in [-0.05, 0) is 152 Å². The van der Waals surface area contributed by atoms with Crippen LogP contribution < -0.4 is 9.64 Å². The highest BCUT2D eigenvalue weighted by molar-refractivity contribution is 5.90. The molecule has 1 aliphatic rings. The monoisotopic (exact) mass is 840 g/mol. The number of nitrogens with zero attached hydrogens (tertiary/aromatic N) is 4. The molecule has 9 rings (SSSR count). The van der Waals surface area contributed by atoms with Crippen LogP contribution in [0.15, 0.2) is 164 Å². The molecule has 6 aromatic carbocycles. The molecule has 0 saturated heterocycles. The first kappa shape index (κ1) is 42.6. The third-order valence-electron chi connectivity index (χ3n) is 13.0. The molecule has 0 fully saturated rings. The summed E-state index contributed by atoms with van der Waals surface area (Å²) in [5.74, 6) is 1.47. The summed E-state index contributed by atoms with van der Waals surface area (Å²) in [5.41, 5.74) is 16.1. The first-order valence-electron chi connectivity index (χ1n) is 22.6. The Morgan fingerprint density at radius 3 is 1.67 bits per heavy atom. The highest BCUT2D eigenvalue weighted by Crippen LogP contribution is 2.59. The van der Waals surface area contributed by atoms with E-state index in [9.17, 15) is 0 Å². The lowest BCUT2D eigenvalue weighted by Crippen LogP contribution is -2.39. The molecule has 5 nitrogen and oxygen atoms in total. The van der Waals surface area contributed by atoms with Crippen LogP contribution in [0.5, 0.6) is 11.5 Å². The number of anilines is 3. The molecule has 1 aliphatic heterocycles. The predicted octanol–water partition coefficient (Wildman–Crippen LogP) is 15.4. The van der Waals surface area contributed by atoms with Gasteiger partial charge in [0.2, 0.25) is 0 Å². The quantitative estimate of drug-likeness (QED) is 0.160.